The summed E-state index contributed by atoms with van der Waals surface area (Å²) in [4.78, 5) is 3.80. The summed E-state index contributed by atoms with van der Waals surface area (Å²) in [6.45, 7) is 2.15. The van der Waals surface area contributed by atoms with E-state index in [0.717, 1.165) is 18.3 Å². The fourth-order valence-corrected chi connectivity index (χ4v) is 1.32. The van der Waals surface area contributed by atoms with E-state index in [9.17, 15) is 13.2 Å². The van der Waals surface area contributed by atoms with Crippen molar-refractivity contribution in [2.24, 2.45) is 0 Å². The lowest BCUT2D eigenvalue weighted by Gasteiger charge is -2.10. The number of hydrogen-bond acceptors (Lipinski definition) is 3. The molecule has 1 aromatic heterocycles. The maximum Gasteiger partial charge on any atom is 0.416 e. The summed E-state index contributed by atoms with van der Waals surface area (Å²) in [7, 11) is 0. The van der Waals surface area contributed by atoms with Crippen molar-refractivity contribution >= 4 is 5.82 Å². The largest absolute Gasteiger partial charge is 0.416 e. The lowest BCUT2D eigenvalue weighted by atomic mass is 10.2. The summed E-state index contributed by atoms with van der Waals surface area (Å²) in [6, 6.07) is 1.91. The first-order valence-corrected chi connectivity index (χ1v) is 5.35. The van der Waals surface area contributed by atoms with E-state index in [1.807, 2.05) is 0 Å². The average molecular weight is 248 g/mol. The third kappa shape index (κ3) is 5.04. The Morgan fingerprint density at radius 1 is 1.47 bits per heavy atom. The molecule has 6 heteroatoms. The molecule has 0 aromatic carbocycles. The van der Waals surface area contributed by atoms with Gasteiger partial charge < -0.3 is 10.4 Å². The van der Waals surface area contributed by atoms with E-state index in [0.29, 0.717) is 19.4 Å². The van der Waals surface area contributed by atoms with E-state index < -0.39 is 17.8 Å². The van der Waals surface area contributed by atoms with Crippen molar-refractivity contribution < 1.29 is 18.3 Å². The Labute approximate surface area is 97.7 Å². The highest BCUT2D eigenvalue weighted by Crippen LogP contribution is 2.29. The molecular formula is C11H15F3N2O. The molecule has 96 valence electrons. The first kappa shape index (κ1) is 13.8. The Balaban J connectivity index is 2.49. The molecule has 0 aliphatic heterocycles. The number of pyridine rings is 1. The minimum absolute atomic E-state index is 0.199. The van der Waals surface area contributed by atoms with Gasteiger partial charge in [0.2, 0.25) is 0 Å². The first-order valence-electron chi connectivity index (χ1n) is 5.35. The molecule has 2 N–H and O–H groups in total. The van der Waals surface area contributed by atoms with Crippen LogP contribution in [0.25, 0.3) is 0 Å². The molecule has 17 heavy (non-hydrogen) atoms. The Hall–Kier alpha value is -1.30. The smallest absolute Gasteiger partial charge is 0.393 e. The van der Waals surface area contributed by atoms with Crippen molar-refractivity contribution in [3.63, 3.8) is 0 Å². The molecule has 0 fully saturated rings. The number of hydrogen-bond donors (Lipinski definition) is 2. The highest BCUT2D eigenvalue weighted by atomic mass is 19.4. The topological polar surface area (TPSA) is 45.1 Å². The predicted octanol–water partition coefficient (Wildman–Crippen LogP) is 2.67. The summed E-state index contributed by atoms with van der Waals surface area (Å²) < 4.78 is 37.1. The van der Waals surface area contributed by atoms with Gasteiger partial charge in [-0.2, -0.15) is 13.2 Å². The SMILES string of the molecule is CC(O)CCCNc1cc(C(F)(F)F)ccn1. The summed E-state index contributed by atoms with van der Waals surface area (Å²) in [5.41, 5.74) is -0.717. The van der Waals surface area contributed by atoms with Gasteiger partial charge in [-0.05, 0) is 31.9 Å². The Bertz CT molecular complexity index is 353. The normalized spacial score (nSPS) is 13.5. The Morgan fingerprint density at radius 2 is 2.18 bits per heavy atom. The zero-order chi connectivity index (χ0) is 12.9. The minimum atomic E-state index is -4.35. The van der Waals surface area contributed by atoms with Crippen LogP contribution in [0.15, 0.2) is 18.3 Å². The number of rotatable bonds is 5. The second-order valence-electron chi connectivity index (χ2n) is 3.85. The van der Waals surface area contributed by atoms with Crippen LogP contribution >= 0.6 is 0 Å². The molecule has 0 bridgehead atoms. The van der Waals surface area contributed by atoms with Crippen LogP contribution in [0.3, 0.4) is 0 Å². The molecule has 1 atom stereocenters. The number of nitrogens with one attached hydrogen (secondary N) is 1. The van der Waals surface area contributed by atoms with Gasteiger partial charge in [0, 0.05) is 12.7 Å². The summed E-state index contributed by atoms with van der Waals surface area (Å²) >= 11 is 0. The second-order valence-corrected chi connectivity index (χ2v) is 3.85. The highest BCUT2D eigenvalue weighted by molar-refractivity contribution is 5.38. The molecule has 0 saturated carbocycles. The van der Waals surface area contributed by atoms with Crippen molar-refractivity contribution in [3.05, 3.63) is 23.9 Å². The van der Waals surface area contributed by atoms with Gasteiger partial charge in [0.15, 0.2) is 0 Å². The number of aliphatic hydroxyl groups is 1. The molecule has 1 unspecified atom stereocenters. The molecular weight excluding hydrogens is 233 g/mol. The maximum atomic E-state index is 12.4. The standard InChI is InChI=1S/C11H15F3N2O/c1-8(17)3-2-5-15-10-7-9(4-6-16-10)11(12,13)14/h4,6-8,17H,2-3,5H2,1H3,(H,15,16). The third-order valence-electron chi connectivity index (χ3n) is 2.19. The fourth-order valence-electron chi connectivity index (χ4n) is 1.32. The first-order chi connectivity index (χ1) is 7.89. The number of aliphatic hydroxyl groups excluding tert-OH is 1. The number of aromatic nitrogens is 1. The van der Waals surface area contributed by atoms with Crippen LogP contribution in [0, 0.1) is 0 Å². The predicted molar refractivity (Wildman–Crippen MR) is 58.6 cm³/mol. The lowest BCUT2D eigenvalue weighted by Crippen LogP contribution is -2.10. The van der Waals surface area contributed by atoms with E-state index in [1.165, 1.54) is 0 Å². The van der Waals surface area contributed by atoms with Crippen LogP contribution in [0.2, 0.25) is 0 Å². The Morgan fingerprint density at radius 3 is 2.76 bits per heavy atom. The number of alkyl halides is 3. The van der Waals surface area contributed by atoms with Crippen LogP contribution in [0.5, 0.6) is 0 Å². The molecule has 3 nitrogen and oxygen atoms in total. The van der Waals surface area contributed by atoms with Crippen LogP contribution in [0.1, 0.15) is 25.3 Å². The zero-order valence-corrected chi connectivity index (χ0v) is 9.46. The molecule has 0 spiro atoms. The fraction of sp³-hybridized carbons (Fsp3) is 0.545. The molecule has 0 saturated heterocycles. The van der Waals surface area contributed by atoms with E-state index in [4.69, 9.17) is 5.11 Å². The van der Waals surface area contributed by atoms with Crippen molar-refractivity contribution in [1.29, 1.82) is 0 Å². The van der Waals surface area contributed by atoms with E-state index in [2.05, 4.69) is 10.3 Å². The molecule has 1 rings (SSSR count). The van der Waals surface area contributed by atoms with Gasteiger partial charge in [-0.1, -0.05) is 0 Å². The second kappa shape index (κ2) is 5.86. The Kier molecular flexibility index (Phi) is 4.74. The average Bonchev–Trinajstić information content (AvgIpc) is 2.23. The van der Waals surface area contributed by atoms with Gasteiger partial charge in [0.25, 0.3) is 0 Å². The van der Waals surface area contributed by atoms with Crippen LogP contribution in [-0.4, -0.2) is 22.7 Å². The van der Waals surface area contributed by atoms with Crippen LogP contribution < -0.4 is 5.32 Å². The summed E-state index contributed by atoms with van der Waals surface area (Å²) in [5, 5.41) is 11.8. The lowest BCUT2D eigenvalue weighted by molar-refractivity contribution is -0.137. The van der Waals surface area contributed by atoms with E-state index in [-0.39, 0.29) is 5.82 Å². The molecule has 0 aliphatic rings. The van der Waals surface area contributed by atoms with Crippen LogP contribution in [0.4, 0.5) is 19.0 Å². The number of nitrogens with zero attached hydrogens (tertiary/aromatic N) is 1. The molecule has 1 heterocycles. The van der Waals surface area contributed by atoms with Gasteiger partial charge >= 0.3 is 6.18 Å². The quantitative estimate of drug-likeness (QED) is 0.787. The van der Waals surface area contributed by atoms with Crippen LogP contribution in [-0.2, 0) is 6.18 Å². The molecule has 1 aromatic rings. The summed E-state index contributed by atoms with van der Waals surface area (Å²) in [6.07, 6.45) is -2.34. The summed E-state index contributed by atoms with van der Waals surface area (Å²) in [5.74, 6) is 0.199. The zero-order valence-electron chi connectivity index (χ0n) is 9.46. The number of anilines is 1. The van der Waals surface area contributed by atoms with E-state index >= 15 is 0 Å². The van der Waals surface area contributed by atoms with Gasteiger partial charge in [-0.25, -0.2) is 4.98 Å². The highest BCUT2D eigenvalue weighted by Gasteiger charge is 2.30. The van der Waals surface area contributed by atoms with Gasteiger partial charge in [0.1, 0.15) is 5.82 Å². The molecule has 0 amide bonds. The molecule has 0 radical (unpaired) electrons. The van der Waals surface area contributed by atoms with Crippen molar-refractivity contribution in [1.82, 2.24) is 4.98 Å². The van der Waals surface area contributed by atoms with Gasteiger partial charge in [0.05, 0.1) is 11.7 Å². The third-order valence-corrected chi connectivity index (χ3v) is 2.19. The van der Waals surface area contributed by atoms with Crippen molar-refractivity contribution in [2.45, 2.75) is 32.0 Å². The maximum absolute atomic E-state index is 12.4. The minimum Gasteiger partial charge on any atom is -0.393 e. The van der Waals surface area contributed by atoms with Gasteiger partial charge in [-0.15, -0.1) is 0 Å². The van der Waals surface area contributed by atoms with Crippen molar-refractivity contribution in [2.75, 3.05) is 11.9 Å². The monoisotopic (exact) mass is 248 g/mol. The van der Waals surface area contributed by atoms with E-state index in [1.54, 1.807) is 6.92 Å². The molecule has 0 aliphatic carbocycles. The number of halogens is 3. The van der Waals surface area contributed by atoms with Gasteiger partial charge in [-0.3, -0.25) is 0 Å². The van der Waals surface area contributed by atoms with Crippen molar-refractivity contribution in [3.8, 4) is 0 Å².